The number of carbonyl (C=O) groups is 1. The highest BCUT2D eigenvalue weighted by Crippen LogP contribution is 2.41. The Morgan fingerprint density at radius 3 is 2.65 bits per heavy atom. The Hall–Kier alpha value is -3.78. The highest BCUT2D eigenvalue weighted by Gasteiger charge is 2.33. The van der Waals surface area contributed by atoms with Crippen molar-refractivity contribution in [2.75, 3.05) is 6.61 Å². The monoisotopic (exact) mass is 506 g/mol. The summed E-state index contributed by atoms with van der Waals surface area (Å²) in [5.41, 5.74) is 4.08. The summed E-state index contributed by atoms with van der Waals surface area (Å²) in [7, 11) is 0. The van der Waals surface area contributed by atoms with Gasteiger partial charge in [0.2, 0.25) is 0 Å². The molecule has 2 aromatic carbocycles. The van der Waals surface area contributed by atoms with Gasteiger partial charge in [-0.3, -0.25) is 0 Å². The molecule has 37 heavy (non-hydrogen) atoms. The second kappa shape index (κ2) is 9.27. The number of carboxylic acid groups (broad SMARTS) is 1. The lowest BCUT2D eigenvalue weighted by atomic mass is 9.91. The predicted molar refractivity (Wildman–Crippen MR) is 136 cm³/mol. The maximum Gasteiger partial charge on any atom is 0.337 e. The van der Waals surface area contributed by atoms with Crippen molar-refractivity contribution in [2.24, 2.45) is 0 Å². The first-order chi connectivity index (χ1) is 17.5. The molecule has 0 amide bonds. The molecule has 0 bridgehead atoms. The van der Waals surface area contributed by atoms with Crippen LogP contribution < -0.4 is 4.74 Å². The van der Waals surface area contributed by atoms with Crippen molar-refractivity contribution in [3.63, 3.8) is 0 Å². The fraction of sp³-hybridized carbons (Fsp3) is 0.310. The number of aromatic nitrogens is 2. The zero-order valence-electron chi connectivity index (χ0n) is 21.1. The molecule has 5 rings (SSSR count). The quantitative estimate of drug-likeness (QED) is 0.336. The molecule has 0 saturated carbocycles. The molecule has 6 nitrogen and oxygen atoms in total. The Labute approximate surface area is 213 Å². The first kappa shape index (κ1) is 24.9. The van der Waals surface area contributed by atoms with Gasteiger partial charge < -0.3 is 19.1 Å². The number of ether oxygens (including phenoxy) is 2. The lowest BCUT2D eigenvalue weighted by molar-refractivity contribution is -0.160. The summed E-state index contributed by atoms with van der Waals surface area (Å²) < 4.78 is 40.9. The van der Waals surface area contributed by atoms with E-state index in [1.165, 1.54) is 12.1 Å². The van der Waals surface area contributed by atoms with E-state index < -0.39 is 29.3 Å². The number of nitrogens with zero attached hydrogens (tertiary/aromatic N) is 2. The minimum absolute atomic E-state index is 0.269. The summed E-state index contributed by atoms with van der Waals surface area (Å²) >= 11 is 0. The van der Waals surface area contributed by atoms with Crippen LogP contribution in [0.15, 0.2) is 48.7 Å². The minimum atomic E-state index is -1.24. The van der Waals surface area contributed by atoms with E-state index in [2.05, 4.69) is 0 Å². The molecular weight excluding hydrogens is 478 g/mol. The van der Waals surface area contributed by atoms with Crippen LogP contribution in [0.3, 0.4) is 0 Å². The van der Waals surface area contributed by atoms with Crippen LogP contribution in [-0.2, 0) is 22.5 Å². The third kappa shape index (κ3) is 4.81. The molecule has 1 aliphatic rings. The smallest absolute Gasteiger partial charge is 0.337 e. The van der Waals surface area contributed by atoms with E-state index in [-0.39, 0.29) is 6.54 Å². The van der Waals surface area contributed by atoms with Gasteiger partial charge in [0.05, 0.1) is 12.2 Å². The van der Waals surface area contributed by atoms with Gasteiger partial charge in [-0.05, 0) is 74.7 Å². The Morgan fingerprint density at radius 2 is 1.95 bits per heavy atom. The number of hydrogen-bond donors (Lipinski definition) is 1. The van der Waals surface area contributed by atoms with Crippen LogP contribution in [-0.4, -0.2) is 32.8 Å². The molecule has 1 N–H and O–H groups in total. The van der Waals surface area contributed by atoms with Crippen molar-refractivity contribution in [3.8, 4) is 16.9 Å². The zero-order chi connectivity index (χ0) is 26.5. The molecule has 0 spiro atoms. The number of hydrogen-bond acceptors (Lipinski definition) is 4. The number of aliphatic carboxylic acids is 1. The maximum absolute atomic E-state index is 13.9. The largest absolute Gasteiger partial charge is 0.493 e. The van der Waals surface area contributed by atoms with E-state index in [9.17, 15) is 18.7 Å². The molecule has 1 aliphatic heterocycles. The molecule has 3 heterocycles. The number of aryl methyl sites for hydroxylation is 1. The SMILES string of the molecule is Cc1nc2c(ccn2Cc2ccc(F)c(F)c2)c(-c2ccc3c(c2)CCO3)c1C(OC(C)(C)C)C(=O)O. The van der Waals surface area contributed by atoms with Gasteiger partial charge in [0.1, 0.15) is 11.4 Å². The van der Waals surface area contributed by atoms with Gasteiger partial charge in [-0.2, -0.15) is 0 Å². The van der Waals surface area contributed by atoms with Crippen molar-refractivity contribution in [1.29, 1.82) is 0 Å². The fourth-order valence-electron chi connectivity index (χ4n) is 4.85. The number of benzene rings is 2. The van der Waals surface area contributed by atoms with Crippen LogP contribution >= 0.6 is 0 Å². The van der Waals surface area contributed by atoms with Crippen LogP contribution in [0.2, 0.25) is 0 Å². The summed E-state index contributed by atoms with van der Waals surface area (Å²) in [6.07, 6.45) is 1.35. The third-order valence-corrected chi connectivity index (χ3v) is 6.41. The average Bonchev–Trinajstić information content (AvgIpc) is 3.45. The van der Waals surface area contributed by atoms with Gasteiger partial charge in [-0.15, -0.1) is 0 Å². The number of pyridine rings is 1. The van der Waals surface area contributed by atoms with Crippen molar-refractivity contribution < 1.29 is 28.2 Å². The number of rotatable bonds is 6. The van der Waals surface area contributed by atoms with Crippen LogP contribution in [0.1, 0.15) is 49.3 Å². The van der Waals surface area contributed by atoms with Crippen LogP contribution in [0.5, 0.6) is 5.75 Å². The number of carboxylic acids is 1. The normalized spacial score (nSPS) is 14.0. The molecule has 1 unspecified atom stereocenters. The summed E-state index contributed by atoms with van der Waals surface area (Å²) in [6, 6.07) is 11.5. The van der Waals surface area contributed by atoms with Crippen molar-refractivity contribution in [1.82, 2.24) is 9.55 Å². The first-order valence-corrected chi connectivity index (χ1v) is 12.1. The topological polar surface area (TPSA) is 73.6 Å². The molecule has 0 fully saturated rings. The van der Waals surface area contributed by atoms with E-state index >= 15 is 0 Å². The molecule has 0 saturated heterocycles. The lowest BCUT2D eigenvalue weighted by Crippen LogP contribution is -2.28. The standard InChI is InChI=1S/C29H28F2N2O4/c1-16-24(26(28(34)35)37-29(2,3)4)25(19-6-8-23-18(14-19)10-12-36-23)20-9-11-33(27(20)32-16)15-17-5-7-21(30)22(31)13-17/h5-9,11,13-14,26H,10,12,15H2,1-4H3,(H,34,35). The Morgan fingerprint density at radius 1 is 1.16 bits per heavy atom. The first-order valence-electron chi connectivity index (χ1n) is 12.1. The molecular formula is C29H28F2N2O4. The van der Waals surface area contributed by atoms with E-state index in [4.69, 9.17) is 14.5 Å². The highest BCUT2D eigenvalue weighted by molar-refractivity contribution is 5.98. The summed E-state index contributed by atoms with van der Waals surface area (Å²) in [5, 5.41) is 11.0. The van der Waals surface area contributed by atoms with Gasteiger partial charge in [0, 0.05) is 41.4 Å². The lowest BCUT2D eigenvalue weighted by Gasteiger charge is -2.28. The molecule has 192 valence electrons. The van der Waals surface area contributed by atoms with Gasteiger partial charge in [0.15, 0.2) is 17.7 Å². The van der Waals surface area contributed by atoms with E-state index in [1.807, 2.05) is 55.8 Å². The van der Waals surface area contributed by atoms with Gasteiger partial charge >= 0.3 is 5.97 Å². The van der Waals surface area contributed by atoms with E-state index in [0.29, 0.717) is 29.1 Å². The predicted octanol–water partition coefficient (Wildman–Crippen LogP) is 6.21. The fourth-order valence-corrected chi connectivity index (χ4v) is 4.85. The molecule has 4 aromatic rings. The molecule has 0 aliphatic carbocycles. The minimum Gasteiger partial charge on any atom is -0.493 e. The zero-order valence-corrected chi connectivity index (χ0v) is 21.1. The third-order valence-electron chi connectivity index (χ3n) is 6.41. The molecule has 0 radical (unpaired) electrons. The van der Waals surface area contributed by atoms with Crippen molar-refractivity contribution >= 4 is 17.0 Å². The van der Waals surface area contributed by atoms with Crippen LogP contribution in [0, 0.1) is 18.6 Å². The molecule has 2 aromatic heterocycles. The summed E-state index contributed by atoms with van der Waals surface area (Å²) in [5.74, 6) is -2.10. The van der Waals surface area contributed by atoms with Gasteiger partial charge in [-0.25, -0.2) is 18.6 Å². The van der Waals surface area contributed by atoms with Crippen molar-refractivity contribution in [3.05, 3.63) is 82.7 Å². The van der Waals surface area contributed by atoms with E-state index in [1.54, 1.807) is 6.92 Å². The van der Waals surface area contributed by atoms with Crippen LogP contribution in [0.4, 0.5) is 8.78 Å². The Kier molecular flexibility index (Phi) is 6.23. The highest BCUT2D eigenvalue weighted by atomic mass is 19.2. The number of halogens is 2. The Bertz CT molecular complexity index is 1520. The van der Waals surface area contributed by atoms with Gasteiger partial charge in [0.25, 0.3) is 0 Å². The van der Waals surface area contributed by atoms with Gasteiger partial charge in [-0.1, -0.05) is 12.1 Å². The Balaban J connectivity index is 1.73. The number of fused-ring (bicyclic) bond motifs is 2. The summed E-state index contributed by atoms with van der Waals surface area (Å²) in [6.45, 7) is 8.08. The maximum atomic E-state index is 13.9. The van der Waals surface area contributed by atoms with E-state index in [0.717, 1.165) is 40.3 Å². The second-order valence-corrected chi connectivity index (χ2v) is 10.3. The molecule has 1 atom stereocenters. The average molecular weight is 507 g/mol. The van der Waals surface area contributed by atoms with Crippen molar-refractivity contribution in [2.45, 2.75) is 52.4 Å². The summed E-state index contributed by atoms with van der Waals surface area (Å²) in [4.78, 5) is 17.3. The van der Waals surface area contributed by atoms with Crippen LogP contribution in [0.25, 0.3) is 22.2 Å². The molecule has 8 heteroatoms. The second-order valence-electron chi connectivity index (χ2n) is 10.3.